The zero-order chi connectivity index (χ0) is 15.7. The largest absolute Gasteiger partial charge is 0.493 e. The lowest BCUT2D eigenvalue weighted by molar-refractivity contribution is -0.141. The standard InChI is InChI=1S/C14H20O6S/c1-18-14(15)8-10-19-13-7-3-5-12(11-13)6-4-9-20-21(2,16)17/h3,5,7,11H,4,6,8-10H2,1-2H3. The number of methoxy groups -OCH3 is 1. The second-order valence-corrected chi connectivity index (χ2v) is 6.10. The molecule has 0 N–H and O–H groups in total. The molecule has 0 aliphatic carbocycles. The molecule has 0 aliphatic rings. The highest BCUT2D eigenvalue weighted by Crippen LogP contribution is 2.15. The summed E-state index contributed by atoms with van der Waals surface area (Å²) in [4.78, 5) is 11.0. The quantitative estimate of drug-likeness (QED) is 0.390. The third-order valence-electron chi connectivity index (χ3n) is 2.61. The number of aryl methyl sites for hydroxylation is 1. The molecule has 0 radical (unpaired) electrons. The van der Waals surface area contributed by atoms with Crippen molar-refractivity contribution in [1.82, 2.24) is 0 Å². The van der Waals surface area contributed by atoms with Crippen molar-refractivity contribution in [2.45, 2.75) is 19.3 Å². The van der Waals surface area contributed by atoms with E-state index in [-0.39, 0.29) is 25.6 Å². The van der Waals surface area contributed by atoms with Crippen LogP contribution in [-0.4, -0.2) is 41.0 Å². The predicted molar refractivity (Wildman–Crippen MR) is 77.7 cm³/mol. The van der Waals surface area contributed by atoms with Crippen LogP contribution in [0, 0.1) is 0 Å². The van der Waals surface area contributed by atoms with Gasteiger partial charge in [0.05, 0.1) is 33.0 Å². The van der Waals surface area contributed by atoms with Gasteiger partial charge in [-0.2, -0.15) is 8.42 Å². The van der Waals surface area contributed by atoms with Crippen molar-refractivity contribution in [3.8, 4) is 5.75 Å². The Morgan fingerprint density at radius 1 is 1.24 bits per heavy atom. The second-order valence-electron chi connectivity index (χ2n) is 4.45. The van der Waals surface area contributed by atoms with E-state index in [0.717, 1.165) is 11.8 Å². The molecular weight excluding hydrogens is 296 g/mol. The van der Waals surface area contributed by atoms with Crippen LogP contribution in [0.5, 0.6) is 5.75 Å². The number of esters is 1. The minimum absolute atomic E-state index is 0.159. The molecule has 0 bridgehead atoms. The first kappa shape index (κ1) is 17.5. The summed E-state index contributed by atoms with van der Waals surface area (Å²) in [6.07, 6.45) is 2.51. The Labute approximate surface area is 125 Å². The SMILES string of the molecule is COC(=O)CCOc1cccc(CCCOS(C)(=O)=O)c1. The number of hydrogen-bond acceptors (Lipinski definition) is 6. The van der Waals surface area contributed by atoms with Gasteiger partial charge < -0.3 is 9.47 Å². The first-order valence-corrected chi connectivity index (χ1v) is 8.35. The number of ether oxygens (including phenoxy) is 2. The third-order valence-corrected chi connectivity index (χ3v) is 3.20. The molecule has 0 aliphatic heterocycles. The second kappa shape index (κ2) is 8.63. The van der Waals surface area contributed by atoms with Gasteiger partial charge >= 0.3 is 5.97 Å². The molecule has 0 amide bonds. The van der Waals surface area contributed by atoms with Crippen LogP contribution in [0.2, 0.25) is 0 Å². The molecule has 0 spiro atoms. The van der Waals surface area contributed by atoms with Gasteiger partial charge in [-0.15, -0.1) is 0 Å². The van der Waals surface area contributed by atoms with E-state index in [1.165, 1.54) is 7.11 Å². The average Bonchev–Trinajstić information content (AvgIpc) is 2.43. The van der Waals surface area contributed by atoms with Crippen LogP contribution < -0.4 is 4.74 Å². The Kier molecular flexibility index (Phi) is 7.18. The maximum atomic E-state index is 11.0. The van der Waals surface area contributed by atoms with Crippen molar-refractivity contribution in [2.75, 3.05) is 26.6 Å². The molecule has 6 nitrogen and oxygen atoms in total. The molecule has 0 unspecified atom stereocenters. The molecule has 118 valence electrons. The number of hydrogen-bond donors (Lipinski definition) is 0. The van der Waals surface area contributed by atoms with Crippen molar-refractivity contribution in [3.05, 3.63) is 29.8 Å². The Bertz CT molecular complexity index is 552. The van der Waals surface area contributed by atoms with Gasteiger partial charge in [-0.05, 0) is 30.5 Å². The van der Waals surface area contributed by atoms with Gasteiger partial charge in [0.2, 0.25) is 0 Å². The Hall–Kier alpha value is -1.60. The van der Waals surface area contributed by atoms with Gasteiger partial charge in [0.1, 0.15) is 5.75 Å². The van der Waals surface area contributed by atoms with E-state index in [1.54, 1.807) is 6.07 Å². The smallest absolute Gasteiger partial charge is 0.308 e. The number of carbonyl (C=O) groups is 1. The fourth-order valence-corrected chi connectivity index (χ4v) is 2.05. The van der Waals surface area contributed by atoms with Crippen LogP contribution in [0.15, 0.2) is 24.3 Å². The van der Waals surface area contributed by atoms with E-state index >= 15 is 0 Å². The molecule has 1 rings (SSSR count). The summed E-state index contributed by atoms with van der Waals surface area (Å²) in [5, 5.41) is 0. The predicted octanol–water partition coefficient (Wildman–Crippen LogP) is 1.54. The van der Waals surface area contributed by atoms with E-state index in [1.807, 2.05) is 18.2 Å². The highest BCUT2D eigenvalue weighted by atomic mass is 32.2. The minimum atomic E-state index is -3.38. The summed E-state index contributed by atoms with van der Waals surface area (Å²) in [5.74, 6) is 0.351. The maximum Gasteiger partial charge on any atom is 0.308 e. The van der Waals surface area contributed by atoms with Gasteiger partial charge in [0.15, 0.2) is 0 Å². The highest BCUT2D eigenvalue weighted by Gasteiger charge is 2.03. The van der Waals surface area contributed by atoms with Crippen LogP contribution in [-0.2, 0) is 30.3 Å². The molecule has 1 aromatic carbocycles. The summed E-state index contributed by atoms with van der Waals surface area (Å²) >= 11 is 0. The highest BCUT2D eigenvalue weighted by molar-refractivity contribution is 7.85. The van der Waals surface area contributed by atoms with Crippen molar-refractivity contribution < 1.29 is 26.9 Å². The van der Waals surface area contributed by atoms with Gasteiger partial charge in [0.25, 0.3) is 10.1 Å². The van der Waals surface area contributed by atoms with Gasteiger partial charge in [-0.3, -0.25) is 8.98 Å². The Balaban J connectivity index is 2.36. The van der Waals surface area contributed by atoms with Crippen LogP contribution in [0.3, 0.4) is 0 Å². The average molecular weight is 316 g/mol. The first-order valence-electron chi connectivity index (χ1n) is 6.53. The molecule has 0 aromatic heterocycles. The van der Waals surface area contributed by atoms with Crippen LogP contribution in [0.4, 0.5) is 0 Å². The zero-order valence-electron chi connectivity index (χ0n) is 12.2. The molecule has 0 fully saturated rings. The van der Waals surface area contributed by atoms with E-state index in [2.05, 4.69) is 8.92 Å². The number of rotatable bonds is 9. The molecule has 21 heavy (non-hydrogen) atoms. The van der Waals surface area contributed by atoms with Crippen molar-refractivity contribution in [1.29, 1.82) is 0 Å². The molecular formula is C14H20O6S. The van der Waals surface area contributed by atoms with Gasteiger partial charge in [0, 0.05) is 0 Å². The summed E-state index contributed by atoms with van der Waals surface area (Å²) < 4.78 is 36.3. The molecule has 0 heterocycles. The van der Waals surface area contributed by atoms with Gasteiger partial charge in [-0.1, -0.05) is 12.1 Å². The lowest BCUT2D eigenvalue weighted by Gasteiger charge is -2.07. The lowest BCUT2D eigenvalue weighted by atomic mass is 10.1. The number of benzene rings is 1. The first-order chi connectivity index (χ1) is 9.90. The van der Waals surface area contributed by atoms with Crippen molar-refractivity contribution in [2.24, 2.45) is 0 Å². The van der Waals surface area contributed by atoms with Crippen LogP contribution in [0.25, 0.3) is 0 Å². The molecule has 0 saturated carbocycles. The van der Waals surface area contributed by atoms with Crippen LogP contribution >= 0.6 is 0 Å². The molecule has 0 saturated heterocycles. The molecule has 1 aromatic rings. The number of carbonyl (C=O) groups excluding carboxylic acids is 1. The van der Waals surface area contributed by atoms with Crippen molar-refractivity contribution in [3.63, 3.8) is 0 Å². The summed E-state index contributed by atoms with van der Waals surface area (Å²) in [6, 6.07) is 7.43. The maximum absolute atomic E-state index is 11.0. The summed E-state index contributed by atoms with van der Waals surface area (Å²) in [5.41, 5.74) is 1.02. The van der Waals surface area contributed by atoms with E-state index in [9.17, 15) is 13.2 Å². The fourth-order valence-electron chi connectivity index (χ4n) is 1.63. The zero-order valence-corrected chi connectivity index (χ0v) is 13.0. The topological polar surface area (TPSA) is 78.9 Å². The summed E-state index contributed by atoms with van der Waals surface area (Å²) in [7, 11) is -2.04. The minimum Gasteiger partial charge on any atom is -0.493 e. The van der Waals surface area contributed by atoms with E-state index in [4.69, 9.17) is 4.74 Å². The van der Waals surface area contributed by atoms with E-state index in [0.29, 0.717) is 18.6 Å². The monoisotopic (exact) mass is 316 g/mol. The summed E-state index contributed by atoms with van der Waals surface area (Å²) in [6.45, 7) is 0.416. The van der Waals surface area contributed by atoms with Crippen molar-refractivity contribution >= 4 is 16.1 Å². The third kappa shape index (κ3) is 8.31. The van der Waals surface area contributed by atoms with E-state index < -0.39 is 10.1 Å². The molecule has 0 atom stereocenters. The molecule has 7 heteroatoms. The van der Waals surface area contributed by atoms with Crippen LogP contribution in [0.1, 0.15) is 18.4 Å². The van der Waals surface area contributed by atoms with Gasteiger partial charge in [-0.25, -0.2) is 0 Å². The lowest BCUT2D eigenvalue weighted by Crippen LogP contribution is -2.07. The Morgan fingerprint density at radius 2 is 2.00 bits per heavy atom. The fraction of sp³-hybridized carbons (Fsp3) is 0.500. The Morgan fingerprint density at radius 3 is 2.67 bits per heavy atom. The normalized spacial score (nSPS) is 11.1.